The highest BCUT2D eigenvalue weighted by Gasteiger charge is 2.38. The number of anilines is 2. The highest BCUT2D eigenvalue weighted by molar-refractivity contribution is 9.10. The number of hydrogen-bond acceptors (Lipinski definition) is 4. The predicted octanol–water partition coefficient (Wildman–Crippen LogP) is 4.30. The number of para-hydroxylation sites is 1. The second kappa shape index (κ2) is 9.54. The third-order valence-electron chi connectivity index (χ3n) is 5.87. The van der Waals surface area contributed by atoms with E-state index in [4.69, 9.17) is 0 Å². The molecule has 4 rings (SSSR count). The predicted molar refractivity (Wildman–Crippen MR) is 127 cm³/mol. The Labute approximate surface area is 190 Å². The zero-order valence-corrected chi connectivity index (χ0v) is 19.5. The first kappa shape index (κ1) is 21.4. The van der Waals surface area contributed by atoms with Crippen LogP contribution < -0.4 is 10.2 Å². The fourth-order valence-corrected chi connectivity index (χ4v) is 5.52. The monoisotopic (exact) mass is 487 g/mol. The summed E-state index contributed by atoms with van der Waals surface area (Å²) in [5, 5.41) is 3.03. The molecule has 2 amide bonds. The summed E-state index contributed by atoms with van der Waals surface area (Å²) in [6.07, 6.45) is 0.524. The van der Waals surface area contributed by atoms with Crippen molar-refractivity contribution in [3.8, 4) is 0 Å². The van der Waals surface area contributed by atoms with E-state index in [0.29, 0.717) is 13.0 Å². The van der Waals surface area contributed by atoms with Gasteiger partial charge in [0.25, 0.3) is 0 Å². The zero-order valence-electron chi connectivity index (χ0n) is 17.1. The fourth-order valence-electron chi connectivity index (χ4n) is 4.04. The normalized spacial score (nSPS) is 19.9. The Bertz CT molecular complexity index is 946. The molecule has 0 radical (unpaired) electrons. The van der Waals surface area contributed by atoms with E-state index in [0.717, 1.165) is 41.0 Å². The number of nitrogens with one attached hydrogen (secondary N) is 1. The molecule has 2 aromatic rings. The lowest BCUT2D eigenvalue weighted by Crippen LogP contribution is -2.33. The molecule has 0 bridgehead atoms. The molecule has 0 aliphatic carbocycles. The first-order valence-corrected chi connectivity index (χ1v) is 12.2. The van der Waals surface area contributed by atoms with Crippen LogP contribution in [0.5, 0.6) is 0 Å². The van der Waals surface area contributed by atoms with E-state index in [9.17, 15) is 9.59 Å². The van der Waals surface area contributed by atoms with Crippen molar-refractivity contribution in [2.75, 3.05) is 41.4 Å². The number of nitrogens with zero attached hydrogens (tertiary/aromatic N) is 2. The molecule has 30 heavy (non-hydrogen) atoms. The van der Waals surface area contributed by atoms with Crippen LogP contribution in [0.25, 0.3) is 0 Å². The number of carbonyl (C=O) groups excluding carboxylic acids is 2. The topological polar surface area (TPSA) is 52.7 Å². The Balaban J connectivity index is 1.44. The van der Waals surface area contributed by atoms with E-state index < -0.39 is 5.92 Å². The van der Waals surface area contributed by atoms with Crippen LogP contribution in [0.3, 0.4) is 0 Å². The van der Waals surface area contributed by atoms with Gasteiger partial charge in [-0.2, -0.15) is 11.8 Å². The standard InChI is InChI=1S/C23H26BrN3O2S/c1-16-17(15-26-11-13-30-14-12-26)5-4-7-20(16)25-22(28)18-9-10-27(23(18)29)21-8-3-2-6-19(21)24/h2-8,18H,9-15H2,1H3,(H,25,28). The van der Waals surface area contributed by atoms with Gasteiger partial charge in [-0.15, -0.1) is 0 Å². The fraction of sp³-hybridized carbons (Fsp3) is 0.391. The molecule has 2 aromatic carbocycles. The van der Waals surface area contributed by atoms with Gasteiger partial charge in [0.15, 0.2) is 0 Å². The molecular formula is C23H26BrN3O2S. The van der Waals surface area contributed by atoms with E-state index in [-0.39, 0.29) is 11.8 Å². The Morgan fingerprint density at radius 1 is 1.13 bits per heavy atom. The van der Waals surface area contributed by atoms with Crippen LogP contribution in [0, 0.1) is 12.8 Å². The van der Waals surface area contributed by atoms with Gasteiger partial charge in [-0.1, -0.05) is 24.3 Å². The first-order valence-electron chi connectivity index (χ1n) is 10.3. The van der Waals surface area contributed by atoms with Gasteiger partial charge in [0.05, 0.1) is 5.69 Å². The highest BCUT2D eigenvalue weighted by atomic mass is 79.9. The smallest absolute Gasteiger partial charge is 0.239 e. The molecule has 2 fully saturated rings. The van der Waals surface area contributed by atoms with Gasteiger partial charge >= 0.3 is 0 Å². The largest absolute Gasteiger partial charge is 0.325 e. The number of halogens is 1. The molecular weight excluding hydrogens is 462 g/mol. The number of amides is 2. The third-order valence-corrected chi connectivity index (χ3v) is 7.48. The van der Waals surface area contributed by atoms with Gasteiger partial charge in [-0.3, -0.25) is 14.5 Å². The van der Waals surface area contributed by atoms with Crippen molar-refractivity contribution in [2.24, 2.45) is 5.92 Å². The number of thioether (sulfide) groups is 1. The maximum atomic E-state index is 13.0. The van der Waals surface area contributed by atoms with E-state index in [1.807, 2.05) is 55.1 Å². The van der Waals surface area contributed by atoms with Crippen molar-refractivity contribution in [1.82, 2.24) is 4.90 Å². The van der Waals surface area contributed by atoms with Gasteiger partial charge in [0.2, 0.25) is 11.8 Å². The van der Waals surface area contributed by atoms with Gasteiger partial charge in [-0.05, 0) is 58.6 Å². The molecule has 1 atom stereocenters. The molecule has 2 aliphatic rings. The van der Waals surface area contributed by atoms with Gasteiger partial charge in [-0.25, -0.2) is 0 Å². The van der Waals surface area contributed by atoms with Crippen LogP contribution >= 0.6 is 27.7 Å². The van der Waals surface area contributed by atoms with E-state index >= 15 is 0 Å². The minimum Gasteiger partial charge on any atom is -0.325 e. The van der Waals surface area contributed by atoms with E-state index in [1.165, 1.54) is 17.1 Å². The molecule has 158 valence electrons. The van der Waals surface area contributed by atoms with Crippen molar-refractivity contribution >= 4 is 50.9 Å². The lowest BCUT2D eigenvalue weighted by atomic mass is 10.0. The van der Waals surface area contributed by atoms with Gasteiger partial charge in [0, 0.05) is 47.8 Å². The second-order valence-electron chi connectivity index (χ2n) is 7.75. The molecule has 2 aliphatic heterocycles. The van der Waals surface area contributed by atoms with Crippen molar-refractivity contribution in [1.29, 1.82) is 0 Å². The quantitative estimate of drug-likeness (QED) is 0.638. The summed E-state index contributed by atoms with van der Waals surface area (Å²) in [7, 11) is 0. The molecule has 2 saturated heterocycles. The molecule has 1 N–H and O–H groups in total. The van der Waals surface area contributed by atoms with E-state index in [2.05, 4.69) is 32.2 Å². The molecule has 0 aromatic heterocycles. The highest BCUT2D eigenvalue weighted by Crippen LogP contribution is 2.32. The lowest BCUT2D eigenvalue weighted by molar-refractivity contribution is -0.129. The lowest BCUT2D eigenvalue weighted by Gasteiger charge is -2.27. The number of benzene rings is 2. The number of carbonyl (C=O) groups is 2. The summed E-state index contributed by atoms with van der Waals surface area (Å²) >= 11 is 5.50. The third kappa shape index (κ3) is 4.58. The molecule has 0 saturated carbocycles. The Morgan fingerprint density at radius 2 is 1.90 bits per heavy atom. The van der Waals surface area contributed by atoms with Crippen LogP contribution in [-0.4, -0.2) is 47.9 Å². The Morgan fingerprint density at radius 3 is 2.67 bits per heavy atom. The number of rotatable bonds is 5. The number of hydrogen-bond donors (Lipinski definition) is 1. The van der Waals surface area contributed by atoms with Crippen molar-refractivity contribution in [3.05, 3.63) is 58.1 Å². The summed E-state index contributed by atoms with van der Waals surface area (Å²) in [4.78, 5) is 30.1. The maximum Gasteiger partial charge on any atom is 0.239 e. The summed E-state index contributed by atoms with van der Waals surface area (Å²) in [6.45, 7) is 5.69. The first-order chi connectivity index (χ1) is 14.5. The SMILES string of the molecule is Cc1c(CN2CCSCC2)cccc1NC(=O)C1CCN(c2ccccc2Br)C1=O. The van der Waals surface area contributed by atoms with Crippen molar-refractivity contribution in [2.45, 2.75) is 19.9 Å². The molecule has 2 heterocycles. The molecule has 1 unspecified atom stereocenters. The average Bonchev–Trinajstić information content (AvgIpc) is 3.13. The summed E-state index contributed by atoms with van der Waals surface area (Å²) < 4.78 is 0.860. The van der Waals surface area contributed by atoms with Crippen molar-refractivity contribution < 1.29 is 9.59 Å². The maximum absolute atomic E-state index is 13.0. The summed E-state index contributed by atoms with van der Waals surface area (Å²) in [6, 6.07) is 13.7. The minimum absolute atomic E-state index is 0.140. The van der Waals surface area contributed by atoms with Crippen LogP contribution in [0.15, 0.2) is 46.9 Å². The van der Waals surface area contributed by atoms with Crippen LogP contribution in [0.1, 0.15) is 17.5 Å². The summed E-state index contributed by atoms with van der Waals surface area (Å²) in [5.41, 5.74) is 3.93. The summed E-state index contributed by atoms with van der Waals surface area (Å²) in [5.74, 6) is 1.34. The average molecular weight is 488 g/mol. The zero-order chi connectivity index (χ0) is 21.1. The van der Waals surface area contributed by atoms with Gasteiger partial charge in [0.1, 0.15) is 5.92 Å². The molecule has 5 nitrogen and oxygen atoms in total. The molecule has 7 heteroatoms. The van der Waals surface area contributed by atoms with E-state index in [1.54, 1.807) is 4.90 Å². The van der Waals surface area contributed by atoms with Gasteiger partial charge < -0.3 is 10.2 Å². The van der Waals surface area contributed by atoms with Crippen LogP contribution in [-0.2, 0) is 16.1 Å². The Kier molecular flexibility index (Phi) is 6.80. The van der Waals surface area contributed by atoms with Crippen LogP contribution in [0.4, 0.5) is 11.4 Å². The molecule has 0 spiro atoms. The van der Waals surface area contributed by atoms with Crippen molar-refractivity contribution in [3.63, 3.8) is 0 Å². The van der Waals surface area contributed by atoms with Crippen LogP contribution in [0.2, 0.25) is 0 Å². The Hall–Kier alpha value is -1.83. The minimum atomic E-state index is -0.653. The second-order valence-corrected chi connectivity index (χ2v) is 9.83.